The summed E-state index contributed by atoms with van der Waals surface area (Å²) in [5.41, 5.74) is 19.4. The van der Waals surface area contributed by atoms with E-state index in [1.165, 1.54) is 142 Å². The Kier molecular flexibility index (Phi) is 7.49. The molecule has 13 aromatic carbocycles. The van der Waals surface area contributed by atoms with Crippen molar-refractivity contribution >= 4 is 97.2 Å². The van der Waals surface area contributed by atoms with Gasteiger partial charge in [-0.3, -0.25) is 9.97 Å². The van der Waals surface area contributed by atoms with Crippen LogP contribution < -0.4 is 0 Å². The van der Waals surface area contributed by atoms with Gasteiger partial charge in [0.1, 0.15) is 0 Å². The molecule has 72 heavy (non-hydrogen) atoms. The largest absolute Gasteiger partial charge is 0.256 e. The zero-order chi connectivity index (χ0) is 46.8. The second-order valence-electron chi connectivity index (χ2n) is 19.9. The van der Waals surface area contributed by atoms with Crippen LogP contribution >= 0.6 is 0 Å². The summed E-state index contributed by atoms with van der Waals surface area (Å²) >= 11 is 0. The minimum absolute atomic E-state index is 1.00. The number of para-hydroxylation sites is 2. The van der Waals surface area contributed by atoms with Crippen molar-refractivity contribution in [2.24, 2.45) is 0 Å². The number of hydrogen-bond acceptors (Lipinski definition) is 2. The van der Waals surface area contributed by atoms with Crippen molar-refractivity contribution < 1.29 is 0 Å². The Morgan fingerprint density at radius 1 is 0.208 bits per heavy atom. The van der Waals surface area contributed by atoms with E-state index in [9.17, 15) is 0 Å². The number of pyridine rings is 2. The van der Waals surface area contributed by atoms with Gasteiger partial charge >= 0.3 is 0 Å². The molecular weight excluding hydrogens is 869 g/mol. The van der Waals surface area contributed by atoms with Gasteiger partial charge in [-0.2, -0.15) is 0 Å². The number of aromatic nitrogens is 2. The molecule has 0 spiro atoms. The lowest BCUT2D eigenvalue weighted by Crippen LogP contribution is -1.93. The van der Waals surface area contributed by atoms with Crippen molar-refractivity contribution in [2.45, 2.75) is 0 Å². The van der Waals surface area contributed by atoms with Crippen LogP contribution in [0.1, 0.15) is 0 Å². The molecule has 0 saturated heterocycles. The Labute approximate surface area is 413 Å². The fourth-order valence-electron chi connectivity index (χ4n) is 13.3. The molecule has 0 bridgehead atoms. The molecule has 2 aliphatic rings. The molecule has 2 heterocycles. The number of nitrogens with zero attached hydrogens (tertiary/aromatic N) is 2. The van der Waals surface area contributed by atoms with Crippen molar-refractivity contribution in [1.82, 2.24) is 9.97 Å². The van der Waals surface area contributed by atoms with E-state index in [1.54, 1.807) is 0 Å². The molecule has 0 radical (unpaired) electrons. The van der Waals surface area contributed by atoms with E-state index < -0.39 is 0 Å². The molecule has 2 nitrogen and oxygen atoms in total. The average Bonchev–Trinajstić information content (AvgIpc) is 3.94. The minimum Gasteiger partial charge on any atom is -0.256 e. The summed E-state index contributed by atoms with van der Waals surface area (Å²) < 4.78 is 0. The third kappa shape index (κ3) is 5.02. The summed E-state index contributed by atoms with van der Waals surface area (Å²) in [5, 5.41) is 19.9. The predicted octanol–water partition coefficient (Wildman–Crippen LogP) is 19.2. The maximum atomic E-state index is 5.12. The molecule has 0 fully saturated rings. The normalized spacial score (nSPS) is 12.4. The van der Waals surface area contributed by atoms with Crippen LogP contribution in [0.2, 0.25) is 0 Å². The third-order valence-corrected chi connectivity index (χ3v) is 16.3. The Hall–Kier alpha value is -9.50. The SMILES string of the molecule is c1ccc(-c2c3c4c(cccc4c4ccccc24)-c2cc4c(cc2-3)c(-c2cccc3cccnc23)cc2c3cc5c(cc3c(-c3cccc6cccnc36)cc42)-c2cccc3c2c-5cc2ccccc23)cc1. The molecule has 15 aromatic rings. The maximum Gasteiger partial charge on any atom is 0.0780 e. The van der Waals surface area contributed by atoms with Crippen LogP contribution in [0.15, 0.2) is 231 Å². The molecule has 2 aliphatic carbocycles. The molecule has 2 heteroatoms. The van der Waals surface area contributed by atoms with Crippen LogP contribution in [-0.4, -0.2) is 9.97 Å². The Morgan fingerprint density at radius 3 is 1.33 bits per heavy atom. The van der Waals surface area contributed by atoms with E-state index in [1.807, 2.05) is 24.5 Å². The van der Waals surface area contributed by atoms with Crippen molar-refractivity contribution in [2.75, 3.05) is 0 Å². The minimum atomic E-state index is 1.00. The van der Waals surface area contributed by atoms with Gasteiger partial charge in [0.05, 0.1) is 11.0 Å². The predicted molar refractivity (Wildman–Crippen MR) is 305 cm³/mol. The zero-order valence-electron chi connectivity index (χ0n) is 38.8. The van der Waals surface area contributed by atoms with Crippen molar-refractivity contribution in [3.05, 3.63) is 231 Å². The molecule has 2 aromatic heterocycles. The number of fused-ring (bicyclic) bond motifs is 17. The van der Waals surface area contributed by atoms with Gasteiger partial charge in [-0.15, -0.1) is 0 Å². The summed E-state index contributed by atoms with van der Waals surface area (Å²) in [6.07, 6.45) is 3.87. The average molecular weight is 907 g/mol. The van der Waals surface area contributed by atoms with E-state index in [0.29, 0.717) is 0 Å². The van der Waals surface area contributed by atoms with E-state index in [2.05, 4.69) is 206 Å². The zero-order valence-corrected chi connectivity index (χ0v) is 38.8. The van der Waals surface area contributed by atoms with E-state index in [0.717, 1.165) is 32.9 Å². The summed E-state index contributed by atoms with van der Waals surface area (Å²) in [7, 11) is 0. The van der Waals surface area contributed by atoms with Crippen molar-refractivity contribution in [3.63, 3.8) is 0 Å². The van der Waals surface area contributed by atoms with Crippen LogP contribution in [0.25, 0.3) is 175 Å². The smallest absolute Gasteiger partial charge is 0.0780 e. The van der Waals surface area contributed by atoms with Crippen LogP contribution in [0.3, 0.4) is 0 Å². The monoisotopic (exact) mass is 906 g/mol. The van der Waals surface area contributed by atoms with Crippen LogP contribution in [0, 0.1) is 0 Å². The topological polar surface area (TPSA) is 25.8 Å². The lowest BCUT2D eigenvalue weighted by atomic mass is 9.83. The molecule has 0 aliphatic heterocycles. The third-order valence-electron chi connectivity index (χ3n) is 16.3. The van der Waals surface area contributed by atoms with Crippen molar-refractivity contribution in [1.29, 1.82) is 0 Å². The highest BCUT2D eigenvalue weighted by Crippen LogP contribution is 2.58. The molecule has 328 valence electrons. The first-order valence-electron chi connectivity index (χ1n) is 25.0. The van der Waals surface area contributed by atoms with Gasteiger partial charge in [-0.1, -0.05) is 164 Å². The first-order valence-corrected chi connectivity index (χ1v) is 25.0. The van der Waals surface area contributed by atoms with Crippen LogP contribution in [0.5, 0.6) is 0 Å². The van der Waals surface area contributed by atoms with Crippen LogP contribution in [0.4, 0.5) is 0 Å². The highest BCUT2D eigenvalue weighted by molar-refractivity contribution is 6.34. The first-order chi connectivity index (χ1) is 35.7. The second-order valence-corrected chi connectivity index (χ2v) is 19.9. The van der Waals surface area contributed by atoms with Crippen molar-refractivity contribution in [3.8, 4) is 77.9 Å². The van der Waals surface area contributed by atoms with Gasteiger partial charge in [-0.25, -0.2) is 0 Å². The molecule has 17 rings (SSSR count). The molecule has 0 atom stereocenters. The number of hydrogen-bond donors (Lipinski definition) is 0. The molecule has 0 unspecified atom stereocenters. The van der Waals surface area contributed by atoms with E-state index in [4.69, 9.17) is 9.97 Å². The van der Waals surface area contributed by atoms with Gasteiger partial charge in [0.15, 0.2) is 0 Å². The lowest BCUT2D eigenvalue weighted by Gasteiger charge is -2.20. The van der Waals surface area contributed by atoms with Gasteiger partial charge in [0, 0.05) is 34.3 Å². The van der Waals surface area contributed by atoms with Gasteiger partial charge in [0.2, 0.25) is 0 Å². The fourth-order valence-corrected chi connectivity index (χ4v) is 13.3. The highest BCUT2D eigenvalue weighted by atomic mass is 14.7. The van der Waals surface area contributed by atoms with Gasteiger partial charge in [-0.05, 0) is 197 Å². The number of benzene rings is 13. The van der Waals surface area contributed by atoms with E-state index >= 15 is 0 Å². The summed E-state index contributed by atoms with van der Waals surface area (Å²) in [4.78, 5) is 10.2. The summed E-state index contributed by atoms with van der Waals surface area (Å²) in [6, 6.07) is 81.9. The standard InChI is InChI=1S/C70H38N2/c1-2-14-39(15-3-1)65-46-23-7-6-22-44(46)47-25-11-27-49-53-34-57-58-35-54(50-28-8-17-40-19-12-30-71-69(40)50)56-33-52-48-26-10-24-45-43-21-5-4-16-42(43)32-63(66(45)48)62(52)37-60(56)59(58)36-55(61(57)38-64(53)68(65)67(47)49)51-29-9-18-41-20-13-31-72-70(41)51/h1-38H. The summed E-state index contributed by atoms with van der Waals surface area (Å²) in [5.74, 6) is 0. The lowest BCUT2D eigenvalue weighted by molar-refractivity contribution is 1.41. The quantitative estimate of drug-likeness (QED) is 0.165. The second kappa shape index (κ2) is 14.1. The van der Waals surface area contributed by atoms with Crippen LogP contribution in [-0.2, 0) is 0 Å². The fraction of sp³-hybridized carbons (Fsp3) is 0. The Balaban J connectivity index is 1.07. The molecule has 0 saturated carbocycles. The first kappa shape index (κ1) is 38.4. The molecular formula is C70H38N2. The Bertz CT molecular complexity index is 4960. The van der Waals surface area contributed by atoms with E-state index in [-0.39, 0.29) is 0 Å². The van der Waals surface area contributed by atoms with Gasteiger partial charge in [0.25, 0.3) is 0 Å². The highest BCUT2D eigenvalue weighted by Gasteiger charge is 2.30. The summed E-state index contributed by atoms with van der Waals surface area (Å²) in [6.45, 7) is 0. The maximum absolute atomic E-state index is 5.12. The Morgan fingerprint density at radius 2 is 0.653 bits per heavy atom. The molecule has 0 N–H and O–H groups in total. The molecule has 0 amide bonds. The number of rotatable bonds is 3. The van der Waals surface area contributed by atoms with Gasteiger partial charge < -0.3 is 0 Å².